The Hall–Kier alpha value is -1.66. The Kier molecular flexibility index (Phi) is 3.55. The lowest BCUT2D eigenvalue weighted by molar-refractivity contribution is -0.126. The summed E-state index contributed by atoms with van der Waals surface area (Å²) in [5, 5.41) is 3.31. The molecule has 1 aliphatic rings. The smallest absolute Gasteiger partial charge is 0.227 e. The van der Waals surface area contributed by atoms with Crippen LogP contribution in [0.5, 0.6) is 5.75 Å². The number of amides is 1. The van der Waals surface area contributed by atoms with E-state index in [2.05, 4.69) is 11.2 Å². The number of carbonyl (C=O) groups is 1. The maximum absolute atomic E-state index is 11.7. The molecular formula is C13H12ClNO2. The van der Waals surface area contributed by atoms with Crippen molar-refractivity contribution in [3.63, 3.8) is 0 Å². The molecule has 2 rings (SSSR count). The molecule has 1 N–H and O–H groups in total. The highest BCUT2D eigenvalue weighted by Gasteiger charge is 2.25. The summed E-state index contributed by atoms with van der Waals surface area (Å²) >= 11 is 5.90. The molecule has 1 aliphatic heterocycles. The quantitative estimate of drug-likeness (QED) is 0.810. The van der Waals surface area contributed by atoms with Crippen LogP contribution in [0.1, 0.15) is 5.56 Å². The van der Waals surface area contributed by atoms with Crippen LogP contribution in [0, 0.1) is 18.3 Å². The number of halogens is 1. The predicted molar refractivity (Wildman–Crippen MR) is 66.0 cm³/mol. The van der Waals surface area contributed by atoms with E-state index in [9.17, 15) is 4.79 Å². The first-order valence-corrected chi connectivity index (χ1v) is 5.71. The monoisotopic (exact) mass is 249 g/mol. The van der Waals surface area contributed by atoms with Crippen LogP contribution in [0.25, 0.3) is 0 Å². The van der Waals surface area contributed by atoms with E-state index >= 15 is 0 Å². The molecule has 1 aromatic carbocycles. The molecule has 3 nitrogen and oxygen atoms in total. The van der Waals surface area contributed by atoms with Crippen molar-refractivity contribution >= 4 is 17.5 Å². The summed E-state index contributed by atoms with van der Waals surface area (Å²) in [5.41, 5.74) is 0.963. The lowest BCUT2D eigenvalue weighted by Crippen LogP contribution is -2.37. The average Bonchev–Trinajstić information content (AvgIpc) is 2.35. The molecule has 4 heteroatoms. The number of rotatable bonds is 2. The molecule has 0 saturated heterocycles. The molecule has 0 aromatic heterocycles. The maximum atomic E-state index is 11.7. The van der Waals surface area contributed by atoms with Crippen molar-refractivity contribution < 1.29 is 9.53 Å². The normalized spacial score (nSPS) is 17.5. The van der Waals surface area contributed by atoms with Crippen LogP contribution in [-0.2, 0) is 11.2 Å². The molecule has 1 heterocycles. The van der Waals surface area contributed by atoms with E-state index in [0.717, 1.165) is 11.3 Å². The van der Waals surface area contributed by atoms with Crippen molar-refractivity contribution in [1.82, 2.24) is 5.32 Å². The third-order valence-electron chi connectivity index (χ3n) is 2.66. The first kappa shape index (κ1) is 11.8. The molecule has 0 fully saturated rings. The number of nitrogens with one attached hydrogen (secondary N) is 1. The standard InChI is InChI=1S/C13H12ClNO2/c1-2-5-15-13(16)10-6-9-7-11(14)3-4-12(9)17-8-10/h1,3-4,7,10H,5-6,8H2,(H,15,16). The molecular weight excluding hydrogens is 238 g/mol. The SMILES string of the molecule is C#CCNC(=O)C1COc2ccc(Cl)cc2C1. The van der Waals surface area contributed by atoms with Gasteiger partial charge in [0.05, 0.1) is 12.5 Å². The number of terminal acetylenes is 1. The molecule has 0 aliphatic carbocycles. The van der Waals surface area contributed by atoms with Gasteiger partial charge in [0.25, 0.3) is 0 Å². The number of fused-ring (bicyclic) bond motifs is 1. The Labute approximate surface area is 105 Å². The van der Waals surface area contributed by atoms with Gasteiger partial charge in [-0.15, -0.1) is 6.42 Å². The summed E-state index contributed by atoms with van der Waals surface area (Å²) in [7, 11) is 0. The zero-order chi connectivity index (χ0) is 12.3. The predicted octanol–water partition coefficient (Wildman–Crippen LogP) is 1.64. The fourth-order valence-corrected chi connectivity index (χ4v) is 2.01. The minimum atomic E-state index is -0.200. The molecule has 1 unspecified atom stereocenters. The molecule has 0 spiro atoms. The number of ether oxygens (including phenoxy) is 1. The number of hydrogen-bond acceptors (Lipinski definition) is 2. The van der Waals surface area contributed by atoms with Crippen molar-refractivity contribution in [3.05, 3.63) is 28.8 Å². The van der Waals surface area contributed by atoms with Crippen LogP contribution in [0.2, 0.25) is 5.02 Å². The molecule has 0 saturated carbocycles. The lowest BCUT2D eigenvalue weighted by Gasteiger charge is -2.24. The van der Waals surface area contributed by atoms with Gasteiger partial charge in [-0.3, -0.25) is 4.79 Å². The van der Waals surface area contributed by atoms with Gasteiger partial charge in [0.1, 0.15) is 12.4 Å². The summed E-state index contributed by atoms with van der Waals surface area (Å²) in [6.45, 7) is 0.628. The fraction of sp³-hybridized carbons (Fsp3) is 0.308. The topological polar surface area (TPSA) is 38.3 Å². The van der Waals surface area contributed by atoms with Crippen LogP contribution in [0.15, 0.2) is 18.2 Å². The Morgan fingerprint density at radius 3 is 3.24 bits per heavy atom. The van der Waals surface area contributed by atoms with Gasteiger partial charge in [-0.05, 0) is 30.2 Å². The van der Waals surface area contributed by atoms with Crippen molar-refractivity contribution in [1.29, 1.82) is 0 Å². The summed E-state index contributed by atoms with van der Waals surface area (Å²) in [5.74, 6) is 2.90. The highest BCUT2D eigenvalue weighted by Crippen LogP contribution is 2.29. The molecule has 17 heavy (non-hydrogen) atoms. The molecule has 0 bridgehead atoms. The van der Waals surface area contributed by atoms with Gasteiger partial charge in [-0.1, -0.05) is 17.5 Å². The molecule has 88 valence electrons. The van der Waals surface area contributed by atoms with E-state index < -0.39 is 0 Å². The van der Waals surface area contributed by atoms with Crippen LogP contribution in [0.4, 0.5) is 0 Å². The third-order valence-corrected chi connectivity index (χ3v) is 2.90. The van der Waals surface area contributed by atoms with Crippen molar-refractivity contribution in [2.75, 3.05) is 13.2 Å². The van der Waals surface area contributed by atoms with Crippen LogP contribution >= 0.6 is 11.6 Å². The average molecular weight is 250 g/mol. The Bertz CT molecular complexity index is 479. The highest BCUT2D eigenvalue weighted by atomic mass is 35.5. The van der Waals surface area contributed by atoms with Gasteiger partial charge in [-0.2, -0.15) is 0 Å². The van der Waals surface area contributed by atoms with Crippen LogP contribution in [-0.4, -0.2) is 19.1 Å². The summed E-state index contributed by atoms with van der Waals surface area (Å²) in [4.78, 5) is 11.7. The van der Waals surface area contributed by atoms with Crippen LogP contribution < -0.4 is 10.1 Å². The zero-order valence-electron chi connectivity index (χ0n) is 9.20. The second-order valence-electron chi connectivity index (χ2n) is 3.89. The van der Waals surface area contributed by atoms with Gasteiger partial charge >= 0.3 is 0 Å². The number of carbonyl (C=O) groups excluding carboxylic acids is 1. The minimum Gasteiger partial charge on any atom is -0.492 e. The van der Waals surface area contributed by atoms with Crippen molar-refractivity contribution in [2.24, 2.45) is 5.92 Å². The molecule has 0 radical (unpaired) electrons. The Morgan fingerprint density at radius 2 is 2.47 bits per heavy atom. The van der Waals surface area contributed by atoms with Crippen molar-refractivity contribution in [2.45, 2.75) is 6.42 Å². The third kappa shape index (κ3) is 2.72. The Balaban J connectivity index is 2.08. The van der Waals surface area contributed by atoms with Crippen molar-refractivity contribution in [3.8, 4) is 18.1 Å². The molecule has 1 aromatic rings. The second kappa shape index (κ2) is 5.11. The highest BCUT2D eigenvalue weighted by molar-refractivity contribution is 6.30. The van der Waals surface area contributed by atoms with Gasteiger partial charge < -0.3 is 10.1 Å². The Morgan fingerprint density at radius 1 is 1.65 bits per heavy atom. The first-order chi connectivity index (χ1) is 8.20. The number of hydrogen-bond donors (Lipinski definition) is 1. The van der Waals surface area contributed by atoms with Gasteiger partial charge in [0, 0.05) is 5.02 Å². The van der Waals surface area contributed by atoms with E-state index in [1.165, 1.54) is 0 Å². The first-order valence-electron chi connectivity index (χ1n) is 5.33. The fourth-order valence-electron chi connectivity index (χ4n) is 1.81. The van der Waals surface area contributed by atoms with Gasteiger partial charge in [-0.25, -0.2) is 0 Å². The van der Waals surface area contributed by atoms with Gasteiger partial charge in [0.2, 0.25) is 5.91 Å². The maximum Gasteiger partial charge on any atom is 0.227 e. The summed E-state index contributed by atoms with van der Waals surface area (Å²) in [6.07, 6.45) is 5.72. The van der Waals surface area contributed by atoms with E-state index in [4.69, 9.17) is 22.8 Å². The van der Waals surface area contributed by atoms with Gasteiger partial charge in [0.15, 0.2) is 0 Å². The molecule has 1 amide bonds. The number of benzene rings is 1. The van der Waals surface area contributed by atoms with Crippen LogP contribution in [0.3, 0.4) is 0 Å². The van der Waals surface area contributed by atoms with E-state index in [1.807, 2.05) is 12.1 Å². The van der Waals surface area contributed by atoms with E-state index in [1.54, 1.807) is 6.07 Å². The summed E-state index contributed by atoms with van der Waals surface area (Å²) in [6, 6.07) is 5.43. The molecule has 1 atom stereocenters. The van der Waals surface area contributed by atoms with E-state index in [0.29, 0.717) is 18.1 Å². The zero-order valence-corrected chi connectivity index (χ0v) is 9.96. The lowest BCUT2D eigenvalue weighted by atomic mass is 9.96. The second-order valence-corrected chi connectivity index (χ2v) is 4.32. The largest absolute Gasteiger partial charge is 0.492 e. The summed E-state index contributed by atoms with van der Waals surface area (Å²) < 4.78 is 5.52. The minimum absolute atomic E-state index is 0.0754. The van der Waals surface area contributed by atoms with E-state index in [-0.39, 0.29) is 18.4 Å².